The maximum Gasteiger partial charge on any atom is 0.263 e. The van der Waals surface area contributed by atoms with Crippen LogP contribution in [-0.2, 0) is 4.79 Å². The fourth-order valence-corrected chi connectivity index (χ4v) is 3.09. The number of aryl methyl sites for hydroxylation is 1. The predicted octanol–water partition coefficient (Wildman–Crippen LogP) is 2.95. The first-order chi connectivity index (χ1) is 10.9. The van der Waals surface area contributed by atoms with Crippen molar-refractivity contribution in [3.63, 3.8) is 0 Å². The Balaban J connectivity index is 2.00. The molecule has 1 aliphatic rings. The molecule has 23 heavy (non-hydrogen) atoms. The molecule has 0 unspecified atom stereocenters. The van der Waals surface area contributed by atoms with Crippen molar-refractivity contribution >= 4 is 5.91 Å². The molecule has 2 rings (SSSR count). The van der Waals surface area contributed by atoms with Gasteiger partial charge in [-0.05, 0) is 62.9 Å². The van der Waals surface area contributed by atoms with Crippen LogP contribution >= 0.6 is 0 Å². The van der Waals surface area contributed by atoms with Gasteiger partial charge < -0.3 is 15.0 Å². The number of likely N-dealkylation sites (tertiary alicyclic amines) is 1. The fourth-order valence-electron chi connectivity index (χ4n) is 3.09. The van der Waals surface area contributed by atoms with Crippen LogP contribution in [0.25, 0.3) is 0 Å². The summed E-state index contributed by atoms with van der Waals surface area (Å²) in [6.45, 7) is 10.8. The average Bonchev–Trinajstić information content (AvgIpc) is 2.97. The highest BCUT2D eigenvalue weighted by atomic mass is 16.5. The minimum absolute atomic E-state index is 0.0953. The number of benzene rings is 1. The van der Waals surface area contributed by atoms with Crippen molar-refractivity contribution in [2.24, 2.45) is 5.92 Å². The van der Waals surface area contributed by atoms with Gasteiger partial charge in [-0.15, -0.1) is 0 Å². The maximum absolute atomic E-state index is 12.6. The third-order valence-electron chi connectivity index (χ3n) is 4.62. The van der Waals surface area contributed by atoms with E-state index in [0.717, 1.165) is 37.4 Å². The molecule has 1 aromatic rings. The summed E-state index contributed by atoms with van der Waals surface area (Å²) in [4.78, 5) is 14.5. The average molecular weight is 318 g/mol. The van der Waals surface area contributed by atoms with Gasteiger partial charge in [0.1, 0.15) is 5.75 Å². The van der Waals surface area contributed by atoms with Crippen LogP contribution in [0.2, 0.25) is 0 Å². The molecule has 1 N–H and O–H groups in total. The van der Waals surface area contributed by atoms with Gasteiger partial charge in [0.05, 0.1) is 0 Å². The first kappa shape index (κ1) is 17.8. The van der Waals surface area contributed by atoms with Crippen molar-refractivity contribution < 1.29 is 9.53 Å². The Morgan fingerprint density at radius 2 is 2.13 bits per heavy atom. The number of rotatable bonds is 6. The summed E-state index contributed by atoms with van der Waals surface area (Å²) in [5.41, 5.74) is 2.31. The molecule has 2 atom stereocenters. The number of nitrogens with zero attached hydrogens (tertiary/aromatic N) is 1. The van der Waals surface area contributed by atoms with Crippen molar-refractivity contribution in [1.29, 1.82) is 0 Å². The molecule has 1 fully saturated rings. The second-order valence-electron chi connectivity index (χ2n) is 6.94. The van der Waals surface area contributed by atoms with Gasteiger partial charge in [-0.2, -0.15) is 0 Å². The lowest BCUT2D eigenvalue weighted by Crippen LogP contribution is -2.39. The van der Waals surface area contributed by atoms with E-state index >= 15 is 0 Å². The Morgan fingerprint density at radius 1 is 1.39 bits per heavy atom. The summed E-state index contributed by atoms with van der Waals surface area (Å²) >= 11 is 0. The van der Waals surface area contributed by atoms with Gasteiger partial charge in [0.15, 0.2) is 6.10 Å². The SMILES string of the molecule is CNC[C@@H]1CCN(C(=O)[C@H](C)Oc2cc(C(C)C)ccc2C)C1. The summed E-state index contributed by atoms with van der Waals surface area (Å²) in [6.07, 6.45) is 0.630. The van der Waals surface area contributed by atoms with Crippen LogP contribution in [0.1, 0.15) is 44.2 Å². The van der Waals surface area contributed by atoms with Crippen LogP contribution in [0.15, 0.2) is 18.2 Å². The van der Waals surface area contributed by atoms with E-state index < -0.39 is 6.10 Å². The van der Waals surface area contributed by atoms with E-state index in [2.05, 4.69) is 37.4 Å². The zero-order valence-electron chi connectivity index (χ0n) is 15.1. The van der Waals surface area contributed by atoms with E-state index in [0.29, 0.717) is 11.8 Å². The van der Waals surface area contributed by atoms with Gasteiger partial charge in [0, 0.05) is 13.1 Å². The van der Waals surface area contributed by atoms with Gasteiger partial charge in [0.2, 0.25) is 0 Å². The molecule has 0 spiro atoms. The molecule has 0 aromatic heterocycles. The van der Waals surface area contributed by atoms with Crippen LogP contribution in [0.5, 0.6) is 5.75 Å². The predicted molar refractivity (Wildman–Crippen MR) is 94.0 cm³/mol. The van der Waals surface area contributed by atoms with E-state index in [1.54, 1.807) is 0 Å². The molecule has 1 saturated heterocycles. The Kier molecular flexibility index (Phi) is 6.05. The highest BCUT2D eigenvalue weighted by molar-refractivity contribution is 5.81. The smallest absolute Gasteiger partial charge is 0.263 e. The van der Waals surface area contributed by atoms with E-state index in [1.165, 1.54) is 5.56 Å². The summed E-state index contributed by atoms with van der Waals surface area (Å²) in [7, 11) is 1.96. The van der Waals surface area contributed by atoms with Crippen LogP contribution in [0, 0.1) is 12.8 Å². The van der Waals surface area contributed by atoms with Crippen molar-refractivity contribution in [2.45, 2.75) is 46.1 Å². The van der Waals surface area contributed by atoms with E-state index in [-0.39, 0.29) is 5.91 Å². The number of hydrogen-bond donors (Lipinski definition) is 1. The molecule has 0 saturated carbocycles. The molecule has 1 amide bonds. The van der Waals surface area contributed by atoms with E-state index in [4.69, 9.17) is 4.74 Å². The zero-order chi connectivity index (χ0) is 17.0. The number of nitrogens with one attached hydrogen (secondary N) is 1. The molecule has 4 nitrogen and oxygen atoms in total. The molecule has 1 heterocycles. The molecular formula is C19H30N2O2. The molecule has 1 aromatic carbocycles. The summed E-state index contributed by atoms with van der Waals surface area (Å²) < 4.78 is 6.00. The number of carbonyl (C=O) groups is 1. The largest absolute Gasteiger partial charge is 0.481 e. The van der Waals surface area contributed by atoms with Gasteiger partial charge in [-0.1, -0.05) is 26.0 Å². The van der Waals surface area contributed by atoms with Crippen molar-refractivity contribution in [2.75, 3.05) is 26.7 Å². The van der Waals surface area contributed by atoms with Crippen molar-refractivity contribution in [3.05, 3.63) is 29.3 Å². The van der Waals surface area contributed by atoms with E-state index in [9.17, 15) is 4.79 Å². The minimum Gasteiger partial charge on any atom is -0.481 e. The molecular weight excluding hydrogens is 288 g/mol. The third kappa shape index (κ3) is 4.47. The molecule has 0 aliphatic carbocycles. The van der Waals surface area contributed by atoms with Crippen LogP contribution < -0.4 is 10.1 Å². The lowest BCUT2D eigenvalue weighted by molar-refractivity contribution is -0.137. The molecule has 128 valence electrons. The highest BCUT2D eigenvalue weighted by Gasteiger charge is 2.29. The van der Waals surface area contributed by atoms with Gasteiger partial charge in [-0.3, -0.25) is 4.79 Å². The Bertz CT molecular complexity index is 542. The Morgan fingerprint density at radius 3 is 2.78 bits per heavy atom. The highest BCUT2D eigenvalue weighted by Crippen LogP contribution is 2.26. The quantitative estimate of drug-likeness (QED) is 0.877. The summed E-state index contributed by atoms with van der Waals surface area (Å²) in [5.74, 6) is 1.92. The maximum atomic E-state index is 12.6. The molecule has 4 heteroatoms. The zero-order valence-corrected chi connectivity index (χ0v) is 15.1. The number of carbonyl (C=O) groups excluding carboxylic acids is 1. The Hall–Kier alpha value is -1.55. The number of hydrogen-bond acceptors (Lipinski definition) is 3. The second-order valence-corrected chi connectivity index (χ2v) is 6.94. The monoisotopic (exact) mass is 318 g/mol. The lowest BCUT2D eigenvalue weighted by atomic mass is 10.0. The van der Waals surface area contributed by atoms with Gasteiger partial charge in [0.25, 0.3) is 5.91 Å². The number of amides is 1. The summed E-state index contributed by atoms with van der Waals surface area (Å²) in [6, 6.07) is 6.26. The normalized spacial score (nSPS) is 19.2. The van der Waals surface area contributed by atoms with Gasteiger partial charge in [-0.25, -0.2) is 0 Å². The standard InChI is InChI=1S/C19H30N2O2/c1-13(2)17-7-6-14(3)18(10-17)23-15(4)19(22)21-9-8-16(12-21)11-20-5/h6-7,10,13,15-16,20H,8-9,11-12H2,1-5H3/t15-,16-/m0/s1. The topological polar surface area (TPSA) is 41.6 Å². The minimum atomic E-state index is -0.440. The molecule has 1 aliphatic heterocycles. The second kappa shape index (κ2) is 7.82. The summed E-state index contributed by atoms with van der Waals surface area (Å²) in [5, 5.41) is 3.19. The van der Waals surface area contributed by atoms with Crippen LogP contribution in [0.3, 0.4) is 0 Å². The van der Waals surface area contributed by atoms with Crippen molar-refractivity contribution in [1.82, 2.24) is 10.2 Å². The first-order valence-corrected chi connectivity index (χ1v) is 8.63. The van der Waals surface area contributed by atoms with Crippen LogP contribution in [0.4, 0.5) is 0 Å². The fraction of sp³-hybridized carbons (Fsp3) is 0.632. The van der Waals surface area contributed by atoms with E-state index in [1.807, 2.05) is 25.8 Å². The van der Waals surface area contributed by atoms with Crippen molar-refractivity contribution in [3.8, 4) is 5.75 Å². The molecule has 0 bridgehead atoms. The lowest BCUT2D eigenvalue weighted by Gasteiger charge is -2.23. The molecule has 0 radical (unpaired) electrons. The Labute approximate surface area is 140 Å². The van der Waals surface area contributed by atoms with Gasteiger partial charge >= 0.3 is 0 Å². The van der Waals surface area contributed by atoms with Crippen LogP contribution in [-0.4, -0.2) is 43.6 Å². The first-order valence-electron chi connectivity index (χ1n) is 8.63. The third-order valence-corrected chi connectivity index (χ3v) is 4.62. The number of ether oxygens (including phenoxy) is 1.